The van der Waals surface area contributed by atoms with Crippen molar-refractivity contribution in [2.24, 2.45) is 0 Å². The Kier molecular flexibility index (Phi) is 6.87. The summed E-state index contributed by atoms with van der Waals surface area (Å²) >= 11 is 0. The Morgan fingerprint density at radius 3 is 1.69 bits per heavy atom. The van der Waals surface area contributed by atoms with Crippen LogP contribution in [-0.4, -0.2) is 30.6 Å². The first-order chi connectivity index (χ1) is 16.8. The van der Waals surface area contributed by atoms with Crippen LogP contribution in [0.25, 0.3) is 0 Å². The van der Waals surface area contributed by atoms with Crippen molar-refractivity contribution in [3.8, 4) is 46.0 Å². The summed E-state index contributed by atoms with van der Waals surface area (Å²) in [5.74, 6) is -0.864. The Labute approximate surface area is 202 Å². The van der Waals surface area contributed by atoms with Gasteiger partial charge in [-0.05, 0) is 96.5 Å². The lowest BCUT2D eigenvalue weighted by molar-refractivity contribution is 0.367. The SMILES string of the molecule is Oc1cccc(CCc2ccc(O)c(Oc3ccc(CCc4cc(O)c(O)c(O)c4)cc3O)c2)c1. The number of phenolic OH excluding ortho intramolecular Hbond substituents is 6. The van der Waals surface area contributed by atoms with E-state index in [9.17, 15) is 30.6 Å². The van der Waals surface area contributed by atoms with Gasteiger partial charge in [-0.25, -0.2) is 0 Å². The summed E-state index contributed by atoms with van der Waals surface area (Å²) in [5.41, 5.74) is 3.35. The zero-order valence-electron chi connectivity index (χ0n) is 18.8. The van der Waals surface area contributed by atoms with Crippen LogP contribution in [0.15, 0.2) is 72.8 Å². The van der Waals surface area contributed by atoms with Crippen molar-refractivity contribution < 1.29 is 35.4 Å². The molecule has 0 unspecified atom stereocenters. The summed E-state index contributed by atoms with van der Waals surface area (Å²) < 4.78 is 5.78. The molecule has 0 saturated heterocycles. The van der Waals surface area contributed by atoms with Gasteiger partial charge in [-0.2, -0.15) is 0 Å². The molecule has 7 nitrogen and oxygen atoms in total. The second-order valence-electron chi connectivity index (χ2n) is 8.36. The first kappa shape index (κ1) is 23.6. The molecule has 0 aromatic heterocycles. The maximum absolute atomic E-state index is 10.5. The molecule has 0 saturated carbocycles. The maximum atomic E-state index is 10.5. The van der Waals surface area contributed by atoms with Crippen molar-refractivity contribution in [3.05, 3.63) is 95.1 Å². The normalized spacial score (nSPS) is 10.9. The van der Waals surface area contributed by atoms with Crippen molar-refractivity contribution in [1.29, 1.82) is 0 Å². The van der Waals surface area contributed by atoms with Gasteiger partial charge < -0.3 is 35.4 Å². The zero-order valence-corrected chi connectivity index (χ0v) is 18.8. The molecule has 0 atom stereocenters. The fraction of sp³-hybridized carbons (Fsp3) is 0.143. The maximum Gasteiger partial charge on any atom is 0.200 e. The average molecular weight is 475 g/mol. The number of benzene rings is 4. The molecule has 0 spiro atoms. The fourth-order valence-corrected chi connectivity index (χ4v) is 3.81. The highest BCUT2D eigenvalue weighted by Crippen LogP contribution is 2.38. The van der Waals surface area contributed by atoms with Crippen LogP contribution in [0.2, 0.25) is 0 Å². The fourth-order valence-electron chi connectivity index (χ4n) is 3.81. The molecule has 0 heterocycles. The largest absolute Gasteiger partial charge is 0.508 e. The first-order valence-corrected chi connectivity index (χ1v) is 11.1. The van der Waals surface area contributed by atoms with Crippen LogP contribution < -0.4 is 4.74 Å². The molecule has 6 N–H and O–H groups in total. The monoisotopic (exact) mass is 474 g/mol. The van der Waals surface area contributed by atoms with E-state index in [-0.39, 0.29) is 28.7 Å². The van der Waals surface area contributed by atoms with E-state index in [1.165, 1.54) is 12.1 Å². The first-order valence-electron chi connectivity index (χ1n) is 11.1. The van der Waals surface area contributed by atoms with E-state index in [1.54, 1.807) is 54.6 Å². The highest BCUT2D eigenvalue weighted by Gasteiger charge is 2.12. The lowest BCUT2D eigenvalue weighted by atomic mass is 10.0. The van der Waals surface area contributed by atoms with Crippen LogP contribution in [0.1, 0.15) is 22.3 Å². The van der Waals surface area contributed by atoms with E-state index in [0.29, 0.717) is 31.2 Å². The minimum Gasteiger partial charge on any atom is -0.508 e. The lowest BCUT2D eigenvalue weighted by Crippen LogP contribution is -1.94. The highest BCUT2D eigenvalue weighted by molar-refractivity contribution is 5.52. The van der Waals surface area contributed by atoms with Gasteiger partial charge >= 0.3 is 0 Å². The quantitative estimate of drug-likeness (QED) is 0.192. The van der Waals surface area contributed by atoms with Crippen molar-refractivity contribution >= 4 is 0 Å². The van der Waals surface area contributed by atoms with Gasteiger partial charge in [-0.1, -0.05) is 24.3 Å². The molecular formula is C28H26O7. The summed E-state index contributed by atoms with van der Waals surface area (Å²) in [6, 6.07) is 19.8. The van der Waals surface area contributed by atoms with E-state index in [4.69, 9.17) is 4.74 Å². The van der Waals surface area contributed by atoms with Gasteiger partial charge in [0.25, 0.3) is 0 Å². The Bertz CT molecular complexity index is 1320. The topological polar surface area (TPSA) is 131 Å². The van der Waals surface area contributed by atoms with Crippen LogP contribution in [0.3, 0.4) is 0 Å². The molecule has 0 radical (unpaired) electrons. The Hall–Kier alpha value is -4.52. The summed E-state index contributed by atoms with van der Waals surface area (Å²) in [7, 11) is 0. The second-order valence-corrected chi connectivity index (χ2v) is 8.36. The van der Waals surface area contributed by atoms with Gasteiger partial charge in [-0.15, -0.1) is 0 Å². The van der Waals surface area contributed by atoms with E-state index in [0.717, 1.165) is 16.7 Å². The molecule has 0 amide bonds. The smallest absolute Gasteiger partial charge is 0.200 e. The van der Waals surface area contributed by atoms with E-state index >= 15 is 0 Å². The Morgan fingerprint density at radius 1 is 0.457 bits per heavy atom. The summed E-state index contributed by atoms with van der Waals surface area (Å²) in [4.78, 5) is 0. The van der Waals surface area contributed by atoms with Crippen LogP contribution in [-0.2, 0) is 25.7 Å². The minimum atomic E-state index is -0.556. The molecule has 4 aromatic rings. The summed E-state index contributed by atoms with van der Waals surface area (Å²) in [6.45, 7) is 0. The predicted molar refractivity (Wildman–Crippen MR) is 131 cm³/mol. The average Bonchev–Trinajstić information content (AvgIpc) is 2.83. The van der Waals surface area contributed by atoms with Gasteiger partial charge in [-0.3, -0.25) is 0 Å². The third kappa shape index (κ3) is 5.89. The van der Waals surface area contributed by atoms with Crippen molar-refractivity contribution in [1.82, 2.24) is 0 Å². The molecule has 4 aromatic carbocycles. The number of rotatable bonds is 8. The van der Waals surface area contributed by atoms with Crippen LogP contribution in [0.5, 0.6) is 46.0 Å². The minimum absolute atomic E-state index is 0.0541. The molecular weight excluding hydrogens is 448 g/mol. The van der Waals surface area contributed by atoms with Crippen molar-refractivity contribution in [2.75, 3.05) is 0 Å². The van der Waals surface area contributed by atoms with Crippen LogP contribution in [0, 0.1) is 0 Å². The standard InChI is InChI=1S/C28H26O7/c29-21-3-1-2-17(12-21)4-5-19-8-10-22(30)27(16-19)35-26-11-9-18(13-23(26)31)6-7-20-14-24(32)28(34)25(33)15-20/h1-3,8-16,29-34H,4-7H2. The number of phenols is 6. The van der Waals surface area contributed by atoms with Crippen molar-refractivity contribution in [2.45, 2.75) is 25.7 Å². The number of ether oxygens (including phenoxy) is 1. The Balaban J connectivity index is 1.42. The third-order valence-corrected chi connectivity index (χ3v) is 5.71. The van der Waals surface area contributed by atoms with Gasteiger partial charge in [0.15, 0.2) is 40.2 Å². The number of aromatic hydroxyl groups is 6. The number of hydrogen-bond acceptors (Lipinski definition) is 7. The van der Waals surface area contributed by atoms with E-state index in [2.05, 4.69) is 0 Å². The molecule has 0 aliphatic carbocycles. The van der Waals surface area contributed by atoms with Crippen molar-refractivity contribution in [3.63, 3.8) is 0 Å². The second kappa shape index (κ2) is 10.2. The lowest BCUT2D eigenvalue weighted by Gasteiger charge is -2.12. The van der Waals surface area contributed by atoms with Gasteiger partial charge in [0, 0.05) is 0 Å². The van der Waals surface area contributed by atoms with E-state index in [1.807, 2.05) is 6.07 Å². The third-order valence-electron chi connectivity index (χ3n) is 5.71. The molecule has 180 valence electrons. The molecule has 4 rings (SSSR count). The highest BCUT2D eigenvalue weighted by atomic mass is 16.5. The predicted octanol–water partition coefficient (Wildman–Crippen LogP) is 5.28. The molecule has 0 bridgehead atoms. The molecule has 7 heteroatoms. The summed E-state index contributed by atoms with van der Waals surface area (Å²) in [6.07, 6.45) is 2.35. The van der Waals surface area contributed by atoms with Crippen LogP contribution >= 0.6 is 0 Å². The van der Waals surface area contributed by atoms with Gasteiger partial charge in [0.1, 0.15) is 5.75 Å². The van der Waals surface area contributed by atoms with Gasteiger partial charge in [0.2, 0.25) is 0 Å². The molecule has 0 aliphatic heterocycles. The Morgan fingerprint density at radius 2 is 1.03 bits per heavy atom. The van der Waals surface area contributed by atoms with E-state index < -0.39 is 17.2 Å². The molecule has 35 heavy (non-hydrogen) atoms. The zero-order chi connectivity index (χ0) is 24.9. The molecule has 0 fully saturated rings. The van der Waals surface area contributed by atoms with Crippen LogP contribution in [0.4, 0.5) is 0 Å². The molecule has 0 aliphatic rings. The van der Waals surface area contributed by atoms with Gasteiger partial charge in [0.05, 0.1) is 0 Å². The number of hydrogen-bond donors (Lipinski definition) is 6. The summed E-state index contributed by atoms with van der Waals surface area (Å²) in [5, 5.41) is 59.1. The number of aryl methyl sites for hydroxylation is 4.